The van der Waals surface area contributed by atoms with E-state index in [1.54, 1.807) is 38.5 Å². The number of methoxy groups -OCH3 is 2. The number of nitrogens with two attached hydrogens (primary N) is 1. The van der Waals surface area contributed by atoms with Crippen LogP contribution < -0.4 is 19.9 Å². The summed E-state index contributed by atoms with van der Waals surface area (Å²) < 4.78 is 33.2. The standard InChI is InChI=1S/C17H18N4O4S/c1-24-15-7-13-14(8-16(15)25-2)20-10-21-17(13)19-9-11-3-5-12(6-4-11)26(18,22)23/h3-8,10H,9H2,1-2H3,(H2,18,22,23)(H,19,20,21). The molecule has 2 aromatic carbocycles. The van der Waals surface area contributed by atoms with E-state index in [9.17, 15) is 8.42 Å². The van der Waals surface area contributed by atoms with Gasteiger partial charge in [0.05, 0.1) is 24.6 Å². The molecule has 8 nitrogen and oxygen atoms in total. The van der Waals surface area contributed by atoms with Gasteiger partial charge in [-0.15, -0.1) is 0 Å². The van der Waals surface area contributed by atoms with E-state index in [4.69, 9.17) is 14.6 Å². The summed E-state index contributed by atoms with van der Waals surface area (Å²) >= 11 is 0. The highest BCUT2D eigenvalue weighted by Gasteiger charge is 2.11. The van der Waals surface area contributed by atoms with Gasteiger partial charge in [0.1, 0.15) is 12.1 Å². The molecule has 0 saturated heterocycles. The quantitative estimate of drug-likeness (QED) is 0.677. The number of ether oxygens (including phenoxy) is 2. The van der Waals surface area contributed by atoms with Crippen molar-refractivity contribution in [1.82, 2.24) is 9.97 Å². The van der Waals surface area contributed by atoms with Crippen molar-refractivity contribution in [3.05, 3.63) is 48.3 Å². The fraction of sp³-hybridized carbons (Fsp3) is 0.176. The molecule has 3 N–H and O–H groups in total. The zero-order valence-corrected chi connectivity index (χ0v) is 15.1. The SMILES string of the molecule is COc1cc2ncnc(NCc3ccc(S(N)(=O)=O)cc3)c2cc1OC. The van der Waals surface area contributed by atoms with E-state index in [1.165, 1.54) is 18.5 Å². The second kappa shape index (κ2) is 7.14. The third-order valence-electron chi connectivity index (χ3n) is 3.85. The highest BCUT2D eigenvalue weighted by Crippen LogP contribution is 2.33. The number of hydrogen-bond acceptors (Lipinski definition) is 7. The Morgan fingerprint density at radius 1 is 1.04 bits per heavy atom. The third kappa shape index (κ3) is 3.68. The van der Waals surface area contributed by atoms with E-state index < -0.39 is 10.0 Å². The number of anilines is 1. The minimum Gasteiger partial charge on any atom is -0.493 e. The first kappa shape index (κ1) is 17.9. The lowest BCUT2D eigenvalue weighted by Crippen LogP contribution is -2.12. The molecular formula is C17H18N4O4S. The molecule has 0 unspecified atom stereocenters. The van der Waals surface area contributed by atoms with Gasteiger partial charge < -0.3 is 14.8 Å². The van der Waals surface area contributed by atoms with E-state index >= 15 is 0 Å². The smallest absolute Gasteiger partial charge is 0.238 e. The number of nitrogens with zero attached hydrogens (tertiary/aromatic N) is 2. The van der Waals surface area contributed by atoms with Gasteiger partial charge in [-0.2, -0.15) is 0 Å². The van der Waals surface area contributed by atoms with E-state index in [0.717, 1.165) is 10.9 Å². The molecule has 1 heterocycles. The Balaban J connectivity index is 1.87. The van der Waals surface area contributed by atoms with Crippen LogP contribution in [0, 0.1) is 0 Å². The van der Waals surface area contributed by atoms with Gasteiger partial charge in [-0.1, -0.05) is 12.1 Å². The number of hydrogen-bond donors (Lipinski definition) is 2. The molecule has 26 heavy (non-hydrogen) atoms. The van der Waals surface area contributed by atoms with Crippen LogP contribution in [0.25, 0.3) is 10.9 Å². The normalized spacial score (nSPS) is 11.3. The lowest BCUT2D eigenvalue weighted by molar-refractivity contribution is 0.356. The van der Waals surface area contributed by atoms with Crippen LogP contribution in [0.3, 0.4) is 0 Å². The Morgan fingerprint density at radius 3 is 2.31 bits per heavy atom. The van der Waals surface area contributed by atoms with Gasteiger partial charge >= 0.3 is 0 Å². The number of benzene rings is 2. The van der Waals surface area contributed by atoms with Crippen molar-refractivity contribution in [2.45, 2.75) is 11.4 Å². The summed E-state index contributed by atoms with van der Waals surface area (Å²) in [6, 6.07) is 9.92. The number of nitrogens with one attached hydrogen (secondary N) is 1. The van der Waals surface area contributed by atoms with Crippen LogP contribution in [-0.2, 0) is 16.6 Å². The van der Waals surface area contributed by atoms with Crippen molar-refractivity contribution in [1.29, 1.82) is 0 Å². The molecule has 0 amide bonds. The summed E-state index contributed by atoms with van der Waals surface area (Å²) in [5, 5.41) is 9.11. The van der Waals surface area contributed by atoms with E-state index in [2.05, 4.69) is 15.3 Å². The summed E-state index contributed by atoms with van der Waals surface area (Å²) in [5.41, 5.74) is 1.59. The second-order valence-corrected chi connectivity index (χ2v) is 7.05. The summed E-state index contributed by atoms with van der Waals surface area (Å²) in [4.78, 5) is 8.60. The minimum absolute atomic E-state index is 0.0746. The maximum atomic E-state index is 11.3. The molecule has 0 aliphatic rings. The van der Waals surface area contributed by atoms with Crippen molar-refractivity contribution >= 4 is 26.7 Å². The van der Waals surface area contributed by atoms with Crippen LogP contribution in [0.5, 0.6) is 11.5 Å². The van der Waals surface area contributed by atoms with Gasteiger partial charge in [-0.3, -0.25) is 0 Å². The van der Waals surface area contributed by atoms with Crippen LogP contribution in [0.2, 0.25) is 0 Å². The first-order valence-electron chi connectivity index (χ1n) is 7.64. The fourth-order valence-corrected chi connectivity index (χ4v) is 3.02. The van der Waals surface area contributed by atoms with Gasteiger partial charge in [0.15, 0.2) is 11.5 Å². The van der Waals surface area contributed by atoms with E-state index in [1.807, 2.05) is 0 Å². The molecule has 0 radical (unpaired) electrons. The number of aromatic nitrogens is 2. The minimum atomic E-state index is -3.70. The topological polar surface area (TPSA) is 116 Å². The Kier molecular flexibility index (Phi) is 4.92. The van der Waals surface area contributed by atoms with Crippen LogP contribution in [0.4, 0.5) is 5.82 Å². The highest BCUT2D eigenvalue weighted by molar-refractivity contribution is 7.89. The highest BCUT2D eigenvalue weighted by atomic mass is 32.2. The molecule has 0 fully saturated rings. The van der Waals surface area contributed by atoms with Gasteiger partial charge in [0.25, 0.3) is 0 Å². The number of fused-ring (bicyclic) bond motifs is 1. The van der Waals surface area contributed by atoms with Gasteiger partial charge in [-0.05, 0) is 23.8 Å². The number of primary sulfonamides is 1. The predicted octanol–water partition coefficient (Wildman–Crippen LogP) is 1.91. The Hall–Kier alpha value is -2.91. The average Bonchev–Trinajstić information content (AvgIpc) is 2.64. The predicted molar refractivity (Wildman–Crippen MR) is 97.8 cm³/mol. The lowest BCUT2D eigenvalue weighted by atomic mass is 10.2. The monoisotopic (exact) mass is 374 g/mol. The van der Waals surface area contributed by atoms with Crippen molar-refractivity contribution < 1.29 is 17.9 Å². The van der Waals surface area contributed by atoms with E-state index in [0.29, 0.717) is 29.4 Å². The molecule has 0 spiro atoms. The largest absolute Gasteiger partial charge is 0.493 e. The molecule has 0 saturated carbocycles. The number of sulfonamides is 1. The van der Waals surface area contributed by atoms with Crippen LogP contribution in [-0.4, -0.2) is 32.6 Å². The molecule has 0 atom stereocenters. The Morgan fingerprint density at radius 2 is 1.69 bits per heavy atom. The average molecular weight is 374 g/mol. The van der Waals surface area contributed by atoms with Crippen molar-refractivity contribution in [3.8, 4) is 11.5 Å². The van der Waals surface area contributed by atoms with Gasteiger partial charge in [0.2, 0.25) is 10.0 Å². The molecule has 3 aromatic rings. The van der Waals surface area contributed by atoms with Crippen molar-refractivity contribution in [3.63, 3.8) is 0 Å². The zero-order valence-electron chi connectivity index (χ0n) is 14.3. The molecule has 0 aliphatic carbocycles. The first-order chi connectivity index (χ1) is 12.4. The third-order valence-corrected chi connectivity index (χ3v) is 4.78. The first-order valence-corrected chi connectivity index (χ1v) is 9.19. The maximum absolute atomic E-state index is 11.3. The number of rotatable bonds is 6. The summed E-state index contributed by atoms with van der Waals surface area (Å²) in [6.45, 7) is 0.450. The van der Waals surface area contributed by atoms with Crippen molar-refractivity contribution in [2.75, 3.05) is 19.5 Å². The van der Waals surface area contributed by atoms with Crippen molar-refractivity contribution in [2.24, 2.45) is 5.14 Å². The second-order valence-electron chi connectivity index (χ2n) is 5.49. The Labute approximate surface area is 151 Å². The fourth-order valence-electron chi connectivity index (χ4n) is 2.51. The summed E-state index contributed by atoms with van der Waals surface area (Å²) in [7, 11) is -0.569. The molecule has 136 valence electrons. The lowest BCUT2D eigenvalue weighted by Gasteiger charge is -2.12. The summed E-state index contributed by atoms with van der Waals surface area (Å²) in [5.74, 6) is 1.80. The molecule has 3 rings (SSSR count). The Bertz CT molecular complexity index is 1040. The maximum Gasteiger partial charge on any atom is 0.238 e. The van der Waals surface area contributed by atoms with Gasteiger partial charge in [-0.25, -0.2) is 23.5 Å². The van der Waals surface area contributed by atoms with E-state index in [-0.39, 0.29) is 4.90 Å². The van der Waals surface area contributed by atoms with Crippen LogP contribution in [0.1, 0.15) is 5.56 Å². The zero-order chi connectivity index (χ0) is 18.7. The molecular weight excluding hydrogens is 356 g/mol. The van der Waals surface area contributed by atoms with Gasteiger partial charge in [0, 0.05) is 18.0 Å². The molecule has 1 aromatic heterocycles. The molecule has 0 bridgehead atoms. The summed E-state index contributed by atoms with van der Waals surface area (Å²) in [6.07, 6.45) is 1.46. The van der Waals surface area contributed by atoms with Crippen LogP contribution in [0.15, 0.2) is 47.6 Å². The molecule has 0 aliphatic heterocycles. The molecule has 9 heteroatoms. The van der Waals surface area contributed by atoms with Crippen LogP contribution >= 0.6 is 0 Å².